The number of hydrogen-bond acceptors (Lipinski definition) is 1. The average molecular weight is 161 g/mol. The molecule has 0 saturated heterocycles. The lowest BCUT2D eigenvalue weighted by Crippen LogP contribution is -1.62. The zero-order valence-corrected chi connectivity index (χ0v) is 6.86. The zero-order valence-electron chi connectivity index (χ0n) is 5.21. The molecule has 0 aliphatic carbocycles. The van der Waals surface area contributed by atoms with E-state index < -0.39 is 0 Å². The van der Waals surface area contributed by atoms with Crippen molar-refractivity contribution in [3.8, 4) is 0 Å². The number of halogens is 1. The van der Waals surface area contributed by atoms with Crippen LogP contribution in [0.3, 0.4) is 0 Å². The van der Waals surface area contributed by atoms with Crippen molar-refractivity contribution in [3.63, 3.8) is 0 Å². The van der Waals surface area contributed by atoms with E-state index in [1.165, 1.54) is 5.56 Å². The molecule has 0 amide bonds. The summed E-state index contributed by atoms with van der Waals surface area (Å²) in [5.41, 5.74) is 1.32. The van der Waals surface area contributed by atoms with Gasteiger partial charge >= 0.3 is 0 Å². The molecule has 0 atom stereocenters. The Bertz CT molecular complexity index is 139. The van der Waals surface area contributed by atoms with E-state index in [2.05, 4.69) is 41.6 Å². The SMILES string of the molecule is Cc1ccccc1.SCl. The van der Waals surface area contributed by atoms with Gasteiger partial charge in [-0.1, -0.05) is 47.7 Å². The lowest BCUT2D eigenvalue weighted by atomic mass is 10.2. The monoisotopic (exact) mass is 160 g/mol. The molecule has 0 nitrogen and oxygen atoms in total. The number of hydrogen-bond donors (Lipinski definition) is 1. The van der Waals surface area contributed by atoms with Crippen molar-refractivity contribution in [1.29, 1.82) is 0 Å². The third-order valence-corrected chi connectivity index (χ3v) is 0.940. The quantitative estimate of drug-likeness (QED) is 0.555. The first-order valence-corrected chi connectivity index (χ1v) is 3.93. The van der Waals surface area contributed by atoms with E-state index in [4.69, 9.17) is 0 Å². The van der Waals surface area contributed by atoms with E-state index >= 15 is 0 Å². The van der Waals surface area contributed by atoms with Gasteiger partial charge in [-0.25, -0.2) is 0 Å². The fourth-order valence-corrected chi connectivity index (χ4v) is 0.534. The number of aryl methyl sites for hydroxylation is 1. The number of benzene rings is 1. The molecule has 0 aliphatic rings. The molecule has 0 aromatic heterocycles. The summed E-state index contributed by atoms with van der Waals surface area (Å²) < 4.78 is 0. The Morgan fingerprint density at radius 1 is 1.11 bits per heavy atom. The van der Waals surface area contributed by atoms with Crippen molar-refractivity contribution in [1.82, 2.24) is 0 Å². The second-order valence-corrected chi connectivity index (χ2v) is 1.65. The number of thiol groups is 1. The van der Waals surface area contributed by atoms with Crippen molar-refractivity contribution in [3.05, 3.63) is 35.9 Å². The summed E-state index contributed by atoms with van der Waals surface area (Å²) in [7, 11) is 4.33. The first-order valence-electron chi connectivity index (χ1n) is 2.58. The largest absolute Gasteiger partial charge is 0.0728 e. The van der Waals surface area contributed by atoms with Crippen LogP contribution in [0.5, 0.6) is 0 Å². The standard InChI is InChI=1S/C7H8.ClHS/c1-7-5-3-2-4-6-7;1-2/h2-6H,1H3;2H. The predicted octanol–water partition coefficient (Wildman–Crippen LogP) is 3.07. The minimum Gasteiger partial charge on any atom is -0.0728 e. The highest BCUT2D eigenvalue weighted by Crippen LogP contribution is 1.92. The van der Waals surface area contributed by atoms with E-state index in [9.17, 15) is 0 Å². The highest BCUT2D eigenvalue weighted by molar-refractivity contribution is 8.05. The molecule has 1 aromatic carbocycles. The van der Waals surface area contributed by atoms with Gasteiger partial charge in [0.25, 0.3) is 0 Å². The summed E-state index contributed by atoms with van der Waals surface area (Å²) in [5, 5.41) is 0. The van der Waals surface area contributed by atoms with Gasteiger partial charge in [0.2, 0.25) is 0 Å². The van der Waals surface area contributed by atoms with Gasteiger partial charge in [-0.2, -0.15) is 0 Å². The summed E-state index contributed by atoms with van der Waals surface area (Å²) in [6.45, 7) is 2.08. The average Bonchev–Trinajstić information content (AvgIpc) is 1.94. The van der Waals surface area contributed by atoms with Gasteiger partial charge in [-0.05, 0) is 17.6 Å². The van der Waals surface area contributed by atoms with Crippen LogP contribution in [0.15, 0.2) is 30.3 Å². The molecular weight excluding hydrogens is 152 g/mol. The fraction of sp³-hybridized carbons (Fsp3) is 0.143. The third kappa shape index (κ3) is 4.37. The molecule has 1 rings (SSSR count). The molecule has 0 radical (unpaired) electrons. The Kier molecular flexibility index (Phi) is 5.89. The van der Waals surface area contributed by atoms with Crippen LogP contribution in [0.25, 0.3) is 0 Å². The van der Waals surface area contributed by atoms with Crippen LogP contribution in [0.4, 0.5) is 0 Å². The Balaban J connectivity index is 0.000000291. The van der Waals surface area contributed by atoms with Gasteiger partial charge in [0.05, 0.1) is 0 Å². The second-order valence-electron chi connectivity index (χ2n) is 1.65. The minimum absolute atomic E-state index is 1.32. The molecule has 0 fully saturated rings. The molecule has 0 N–H and O–H groups in total. The van der Waals surface area contributed by atoms with Gasteiger partial charge < -0.3 is 0 Å². The first kappa shape index (κ1) is 8.86. The van der Waals surface area contributed by atoms with Crippen LogP contribution in [0.1, 0.15) is 5.56 Å². The summed E-state index contributed by atoms with van der Waals surface area (Å²) >= 11 is 3.00. The molecule has 0 heterocycles. The van der Waals surface area contributed by atoms with Crippen molar-refractivity contribution >= 4 is 22.5 Å². The molecule has 2 heteroatoms. The fourth-order valence-electron chi connectivity index (χ4n) is 0.534. The van der Waals surface area contributed by atoms with E-state index in [1.54, 1.807) is 0 Å². The van der Waals surface area contributed by atoms with Crippen molar-refractivity contribution < 1.29 is 0 Å². The second kappa shape index (κ2) is 5.99. The molecule has 0 aliphatic heterocycles. The maximum Gasteiger partial charge on any atom is -0.0398 e. The van der Waals surface area contributed by atoms with Crippen molar-refractivity contribution in [2.75, 3.05) is 0 Å². The Morgan fingerprint density at radius 2 is 1.56 bits per heavy atom. The number of rotatable bonds is 0. The van der Waals surface area contributed by atoms with Gasteiger partial charge in [0.1, 0.15) is 0 Å². The molecular formula is C7H9ClS. The van der Waals surface area contributed by atoms with Crippen LogP contribution in [-0.2, 0) is 0 Å². The highest BCUT2D eigenvalue weighted by Gasteiger charge is 1.72. The molecule has 1 aromatic rings. The molecule has 0 bridgehead atoms. The minimum atomic E-state index is 1.32. The maximum absolute atomic E-state index is 4.33. The summed E-state index contributed by atoms with van der Waals surface area (Å²) in [6.07, 6.45) is 0. The molecule has 50 valence electrons. The van der Waals surface area contributed by atoms with Crippen LogP contribution in [0, 0.1) is 6.92 Å². The normalized spacial score (nSPS) is 7.44. The highest BCUT2D eigenvalue weighted by atomic mass is 35.7. The Hall–Kier alpha value is -0.140. The van der Waals surface area contributed by atoms with E-state index in [0.717, 1.165) is 0 Å². The van der Waals surface area contributed by atoms with Gasteiger partial charge in [0, 0.05) is 0 Å². The zero-order chi connectivity index (χ0) is 7.11. The predicted molar refractivity (Wildman–Crippen MR) is 46.0 cm³/mol. The van der Waals surface area contributed by atoms with Crippen LogP contribution < -0.4 is 0 Å². The lowest BCUT2D eigenvalue weighted by molar-refractivity contribution is 1.48. The Morgan fingerprint density at radius 3 is 1.78 bits per heavy atom. The smallest absolute Gasteiger partial charge is 0.0398 e. The summed E-state index contributed by atoms with van der Waals surface area (Å²) in [6, 6.07) is 10.3. The molecule has 0 spiro atoms. The third-order valence-electron chi connectivity index (χ3n) is 0.940. The van der Waals surface area contributed by atoms with Gasteiger partial charge in [-0.3, -0.25) is 0 Å². The maximum atomic E-state index is 4.33. The summed E-state index contributed by atoms with van der Waals surface area (Å²) in [4.78, 5) is 0. The van der Waals surface area contributed by atoms with Crippen LogP contribution in [-0.4, -0.2) is 0 Å². The van der Waals surface area contributed by atoms with Crippen molar-refractivity contribution in [2.24, 2.45) is 0 Å². The molecule has 0 unspecified atom stereocenters. The van der Waals surface area contributed by atoms with E-state index in [0.29, 0.717) is 0 Å². The van der Waals surface area contributed by atoms with Crippen LogP contribution >= 0.6 is 22.5 Å². The molecule has 9 heavy (non-hydrogen) atoms. The van der Waals surface area contributed by atoms with Gasteiger partial charge in [0.15, 0.2) is 0 Å². The lowest BCUT2D eigenvalue weighted by Gasteiger charge is -1.82. The van der Waals surface area contributed by atoms with Gasteiger partial charge in [-0.15, -0.1) is 0 Å². The van der Waals surface area contributed by atoms with E-state index in [-0.39, 0.29) is 0 Å². The Labute approximate surface area is 65.8 Å². The summed E-state index contributed by atoms with van der Waals surface area (Å²) in [5.74, 6) is 0. The van der Waals surface area contributed by atoms with Crippen LogP contribution in [0.2, 0.25) is 0 Å². The van der Waals surface area contributed by atoms with E-state index in [1.807, 2.05) is 18.2 Å². The topological polar surface area (TPSA) is 0 Å². The molecule has 0 saturated carbocycles. The first-order chi connectivity index (χ1) is 4.39. The van der Waals surface area contributed by atoms with Crippen molar-refractivity contribution in [2.45, 2.75) is 6.92 Å².